The van der Waals surface area contributed by atoms with Gasteiger partial charge in [0.25, 0.3) is 0 Å². The van der Waals surface area contributed by atoms with Crippen molar-refractivity contribution in [3.05, 3.63) is 36.2 Å². The lowest BCUT2D eigenvalue weighted by Gasteiger charge is -2.09. The molecule has 0 saturated heterocycles. The molecule has 0 aliphatic rings. The van der Waals surface area contributed by atoms with Crippen LogP contribution < -0.4 is 0 Å². The summed E-state index contributed by atoms with van der Waals surface area (Å²) in [6.07, 6.45) is -4.44. The summed E-state index contributed by atoms with van der Waals surface area (Å²) in [6, 6.07) is 3.60. The normalized spacial score (nSPS) is 11.2. The van der Waals surface area contributed by atoms with Gasteiger partial charge in [-0.25, -0.2) is 4.98 Å². The smallest absolute Gasteiger partial charge is 0.433 e. The first-order valence-corrected chi connectivity index (χ1v) is 4.31. The SMILES string of the molecule is C=C(OCC)c1cccc(C(F)(F)F)n1. The molecule has 15 heavy (non-hydrogen) atoms. The summed E-state index contributed by atoms with van der Waals surface area (Å²) in [5, 5.41) is 0. The van der Waals surface area contributed by atoms with Crippen LogP contribution in [0.4, 0.5) is 13.2 Å². The molecule has 0 amide bonds. The first-order valence-electron chi connectivity index (χ1n) is 4.31. The summed E-state index contributed by atoms with van der Waals surface area (Å²) < 4.78 is 41.8. The Hall–Kier alpha value is -1.52. The summed E-state index contributed by atoms with van der Waals surface area (Å²) in [5.74, 6) is 0.142. The molecule has 0 fully saturated rings. The molecule has 0 saturated carbocycles. The Bertz CT molecular complexity index is 360. The largest absolute Gasteiger partial charge is 0.492 e. The van der Waals surface area contributed by atoms with Crippen LogP contribution in [0.3, 0.4) is 0 Å². The second kappa shape index (κ2) is 4.33. The zero-order chi connectivity index (χ0) is 11.5. The van der Waals surface area contributed by atoms with Crippen LogP contribution >= 0.6 is 0 Å². The van der Waals surface area contributed by atoms with E-state index >= 15 is 0 Å². The fraction of sp³-hybridized carbons (Fsp3) is 0.300. The molecule has 0 atom stereocenters. The Balaban J connectivity index is 2.98. The second-order valence-corrected chi connectivity index (χ2v) is 2.76. The molecule has 1 aromatic heterocycles. The fourth-order valence-electron chi connectivity index (χ4n) is 0.996. The number of hydrogen-bond acceptors (Lipinski definition) is 2. The van der Waals surface area contributed by atoms with Crippen molar-refractivity contribution in [2.45, 2.75) is 13.1 Å². The van der Waals surface area contributed by atoms with E-state index in [4.69, 9.17) is 4.74 Å². The highest BCUT2D eigenvalue weighted by Gasteiger charge is 2.32. The molecule has 2 nitrogen and oxygen atoms in total. The molecular weight excluding hydrogens is 207 g/mol. The monoisotopic (exact) mass is 217 g/mol. The lowest BCUT2D eigenvalue weighted by Crippen LogP contribution is -2.09. The molecule has 1 heterocycles. The maximum Gasteiger partial charge on any atom is 0.433 e. The zero-order valence-corrected chi connectivity index (χ0v) is 8.14. The summed E-state index contributed by atoms with van der Waals surface area (Å²) in [6.45, 7) is 5.55. The Morgan fingerprint density at radius 3 is 2.67 bits per heavy atom. The van der Waals surface area contributed by atoms with E-state index in [1.807, 2.05) is 0 Å². The van der Waals surface area contributed by atoms with Gasteiger partial charge in [-0.1, -0.05) is 12.6 Å². The van der Waals surface area contributed by atoms with Gasteiger partial charge in [0.05, 0.1) is 6.61 Å². The van der Waals surface area contributed by atoms with Gasteiger partial charge in [-0.15, -0.1) is 0 Å². The van der Waals surface area contributed by atoms with E-state index in [1.54, 1.807) is 6.92 Å². The number of aromatic nitrogens is 1. The number of nitrogens with zero attached hydrogens (tertiary/aromatic N) is 1. The van der Waals surface area contributed by atoms with Gasteiger partial charge in [-0.3, -0.25) is 0 Å². The third kappa shape index (κ3) is 2.97. The summed E-state index contributed by atoms with van der Waals surface area (Å²) in [4.78, 5) is 3.41. The number of pyridine rings is 1. The van der Waals surface area contributed by atoms with E-state index < -0.39 is 11.9 Å². The molecule has 0 aliphatic heterocycles. The van der Waals surface area contributed by atoms with E-state index in [0.29, 0.717) is 6.61 Å². The average molecular weight is 217 g/mol. The summed E-state index contributed by atoms with van der Waals surface area (Å²) in [7, 11) is 0. The van der Waals surface area contributed by atoms with Gasteiger partial charge in [-0.05, 0) is 19.1 Å². The number of ether oxygens (including phenoxy) is 1. The molecular formula is C10H10F3NO. The van der Waals surface area contributed by atoms with Gasteiger partial charge in [0.1, 0.15) is 17.1 Å². The van der Waals surface area contributed by atoms with E-state index in [-0.39, 0.29) is 11.5 Å². The van der Waals surface area contributed by atoms with Gasteiger partial charge < -0.3 is 4.74 Å². The van der Waals surface area contributed by atoms with Gasteiger partial charge in [0.2, 0.25) is 0 Å². The highest BCUT2D eigenvalue weighted by atomic mass is 19.4. The van der Waals surface area contributed by atoms with Crippen LogP contribution in [0.2, 0.25) is 0 Å². The lowest BCUT2D eigenvalue weighted by atomic mass is 10.2. The summed E-state index contributed by atoms with van der Waals surface area (Å²) >= 11 is 0. The van der Waals surface area contributed by atoms with Gasteiger partial charge in [0.15, 0.2) is 0 Å². The minimum Gasteiger partial charge on any atom is -0.492 e. The van der Waals surface area contributed by atoms with Gasteiger partial charge in [-0.2, -0.15) is 13.2 Å². The molecule has 1 rings (SSSR count). The molecule has 0 aliphatic carbocycles. The molecule has 1 aromatic rings. The maximum absolute atomic E-state index is 12.3. The van der Waals surface area contributed by atoms with Crippen molar-refractivity contribution < 1.29 is 17.9 Å². The zero-order valence-electron chi connectivity index (χ0n) is 8.14. The molecule has 0 aromatic carbocycles. The topological polar surface area (TPSA) is 22.1 Å². The molecule has 0 radical (unpaired) electrons. The van der Waals surface area contributed by atoms with Gasteiger partial charge >= 0.3 is 6.18 Å². The van der Waals surface area contributed by atoms with Crippen LogP contribution in [0.25, 0.3) is 5.76 Å². The van der Waals surface area contributed by atoms with Gasteiger partial charge in [0, 0.05) is 0 Å². The van der Waals surface area contributed by atoms with Crippen LogP contribution in [0, 0.1) is 0 Å². The standard InChI is InChI=1S/C10H10F3NO/c1-3-15-7(2)8-5-4-6-9(14-8)10(11,12)13/h4-6H,2-3H2,1H3. The van der Waals surface area contributed by atoms with Crippen molar-refractivity contribution in [3.63, 3.8) is 0 Å². The molecule has 0 spiro atoms. The van der Waals surface area contributed by atoms with Crippen LogP contribution in [0.15, 0.2) is 24.8 Å². The third-order valence-electron chi connectivity index (χ3n) is 1.64. The quantitative estimate of drug-likeness (QED) is 0.726. The van der Waals surface area contributed by atoms with Crippen molar-refractivity contribution >= 4 is 5.76 Å². The van der Waals surface area contributed by atoms with Crippen molar-refractivity contribution in [3.8, 4) is 0 Å². The third-order valence-corrected chi connectivity index (χ3v) is 1.64. The van der Waals surface area contributed by atoms with Crippen LogP contribution in [-0.4, -0.2) is 11.6 Å². The van der Waals surface area contributed by atoms with Crippen molar-refractivity contribution in [2.24, 2.45) is 0 Å². The Labute approximate surface area is 85.4 Å². The Morgan fingerprint density at radius 2 is 2.13 bits per heavy atom. The van der Waals surface area contributed by atoms with E-state index in [0.717, 1.165) is 6.07 Å². The minimum atomic E-state index is -4.44. The number of alkyl halides is 3. The molecule has 0 N–H and O–H groups in total. The van der Waals surface area contributed by atoms with E-state index in [2.05, 4.69) is 11.6 Å². The van der Waals surface area contributed by atoms with Crippen molar-refractivity contribution in [1.82, 2.24) is 4.98 Å². The van der Waals surface area contributed by atoms with Crippen LogP contribution in [-0.2, 0) is 10.9 Å². The molecule has 82 valence electrons. The first kappa shape index (κ1) is 11.6. The molecule has 5 heteroatoms. The lowest BCUT2D eigenvalue weighted by molar-refractivity contribution is -0.141. The van der Waals surface area contributed by atoms with Crippen molar-refractivity contribution in [2.75, 3.05) is 6.61 Å². The predicted octanol–water partition coefficient (Wildman–Crippen LogP) is 3.11. The Kier molecular flexibility index (Phi) is 3.34. The Morgan fingerprint density at radius 1 is 1.47 bits per heavy atom. The number of rotatable bonds is 3. The number of halogens is 3. The maximum atomic E-state index is 12.3. The fourth-order valence-corrected chi connectivity index (χ4v) is 0.996. The van der Waals surface area contributed by atoms with Crippen molar-refractivity contribution in [1.29, 1.82) is 0 Å². The minimum absolute atomic E-state index is 0.103. The summed E-state index contributed by atoms with van der Waals surface area (Å²) in [5.41, 5.74) is -0.840. The van der Waals surface area contributed by atoms with Crippen LogP contribution in [0.5, 0.6) is 0 Å². The first-order chi connectivity index (χ1) is 6.95. The highest BCUT2D eigenvalue weighted by Crippen LogP contribution is 2.28. The number of hydrogen-bond donors (Lipinski definition) is 0. The van der Waals surface area contributed by atoms with E-state index in [1.165, 1.54) is 12.1 Å². The second-order valence-electron chi connectivity index (χ2n) is 2.76. The predicted molar refractivity (Wildman–Crippen MR) is 49.9 cm³/mol. The van der Waals surface area contributed by atoms with E-state index in [9.17, 15) is 13.2 Å². The average Bonchev–Trinajstić information content (AvgIpc) is 2.17. The molecule has 0 bridgehead atoms. The molecule has 0 unspecified atom stereocenters. The highest BCUT2D eigenvalue weighted by molar-refractivity contribution is 5.53. The van der Waals surface area contributed by atoms with Crippen LogP contribution in [0.1, 0.15) is 18.3 Å².